The van der Waals surface area contributed by atoms with Gasteiger partial charge in [-0.15, -0.1) is 0 Å². The predicted octanol–water partition coefficient (Wildman–Crippen LogP) is -13.7. The molecular weight excluding hydrogens is 1070 g/mol. The van der Waals surface area contributed by atoms with Gasteiger partial charge in [0.1, 0.15) is 134 Å². The molecule has 0 aromatic rings. The second kappa shape index (κ2) is 28.3. The van der Waals surface area contributed by atoms with E-state index in [2.05, 4.69) is 10.6 Å². The van der Waals surface area contributed by atoms with Crippen molar-refractivity contribution in [1.82, 2.24) is 10.6 Å². The van der Waals surface area contributed by atoms with E-state index in [1.807, 2.05) is 0 Å². The molecule has 30 atom stereocenters. The lowest BCUT2D eigenvalue weighted by atomic mass is 9.88. The Morgan fingerprint density at radius 1 is 0.603 bits per heavy atom. The van der Waals surface area contributed by atoms with Gasteiger partial charge < -0.3 is 160 Å². The fourth-order valence-corrected chi connectivity index (χ4v) is 9.50. The molecule has 0 spiro atoms. The molecule has 21 N–H and O–H groups in total. The van der Waals surface area contributed by atoms with Crippen molar-refractivity contribution in [3.8, 4) is 0 Å². The summed E-state index contributed by atoms with van der Waals surface area (Å²) >= 11 is 0. The number of aliphatic hydroxyl groups is 18. The lowest BCUT2D eigenvalue weighted by Crippen LogP contribution is -2.72. The highest BCUT2D eigenvalue weighted by Crippen LogP contribution is 2.40. The van der Waals surface area contributed by atoms with Gasteiger partial charge in [0.05, 0.1) is 51.3 Å². The number of aliphatic hydroxyl groups excluding tert-OH is 18. The quantitative estimate of drug-likeness (QED) is 0.0399. The number of hydrogen-bond acceptors (Lipinski definition) is 32. The van der Waals surface area contributed by atoms with Gasteiger partial charge in [-0.2, -0.15) is 0 Å². The summed E-state index contributed by atoms with van der Waals surface area (Å²) in [6.07, 6.45) is -58.7. The number of carbonyl (C=O) groups excluding carboxylic acids is 3. The first-order valence-electron chi connectivity index (χ1n) is 24.4. The first kappa shape index (κ1) is 65.8. The van der Waals surface area contributed by atoms with Gasteiger partial charge in [0.2, 0.25) is 11.8 Å². The summed E-state index contributed by atoms with van der Waals surface area (Å²) in [6, 6.07) is -3.75. The second-order valence-corrected chi connectivity index (χ2v) is 19.3. The molecule has 35 nitrogen and oxygen atoms in total. The van der Waals surface area contributed by atoms with E-state index in [9.17, 15) is 116 Å². The van der Waals surface area contributed by atoms with Crippen LogP contribution in [0.15, 0.2) is 0 Å². The SMILES string of the molecule is CC(=O)N[C@H]1[C@H](O[C@H]2[C@@H](O)[C@@H](CO)O[C@@H](O[C@@H]([C@H](O)[C@@H](O)C=O)[C@H](O)CO)[C@@H]2O)O[C@H](CO)[C@@H](O[C@@H]2O[C@@H](C)[C@@H](O)[C@@H](O)[C@@H]2O)[C@@H]1O[C@@H]1O[C@H](CO)[C@H](O)[C@H](O[C@]2(C(=O)O)C[C@H](O)[C@@H](NC(C)=O)[C@H]([C@H](O)[C@H](O)CO)O2)[C@H]1O. The lowest BCUT2D eigenvalue weighted by Gasteiger charge is -2.52. The van der Waals surface area contributed by atoms with Gasteiger partial charge in [-0.1, -0.05) is 0 Å². The van der Waals surface area contributed by atoms with Crippen LogP contribution in [0.5, 0.6) is 0 Å². The van der Waals surface area contributed by atoms with E-state index in [1.54, 1.807) is 0 Å². The molecule has 452 valence electrons. The third kappa shape index (κ3) is 14.4. The maximum atomic E-state index is 13.2. The standard InChI is InChI=1S/C43H72N2O33/c1-11-23(58)28(63)29(64)39(69-11)74-33-20(10-51)72-38(76-36-26(61)18(8-49)70-40(30(36)65)73-32(17(57)7-48)24(59)15(55)5-46)22(45-13(3)53)35(33)75-41-31(66)37(27(62)19(9-50)71-41)78-43(42(67)68)4-14(54)21(44-12(2)52)34(77-43)25(60)16(56)6-47/h5,11,14-41,47-51,54-66H,4,6-10H2,1-3H3,(H,44,52)(H,45,53)(H,67,68)/t11-,14-,15-,16+,17+,18+,19+,20+,21+,22+,23+,24+,25+,26-,27-,28+,29-,30+,31+,32+,33+,34+,35+,36-,37-,38-,39-,40-,41-,43-/m0/s1. The first-order chi connectivity index (χ1) is 36.6. The Morgan fingerprint density at radius 3 is 1.64 bits per heavy atom. The van der Waals surface area contributed by atoms with Crippen molar-refractivity contribution in [2.75, 3.05) is 33.0 Å². The number of carboxylic acid groups (broad SMARTS) is 1. The van der Waals surface area contributed by atoms with Crippen molar-refractivity contribution in [2.45, 2.75) is 211 Å². The second-order valence-electron chi connectivity index (χ2n) is 19.3. The summed E-state index contributed by atoms with van der Waals surface area (Å²) in [5.41, 5.74) is 0. The Kier molecular flexibility index (Phi) is 23.9. The number of ether oxygens (including phenoxy) is 10. The van der Waals surface area contributed by atoms with Gasteiger partial charge in [0, 0.05) is 20.3 Å². The lowest BCUT2D eigenvalue weighted by molar-refractivity contribution is -0.397. The number of nitrogens with one attached hydrogen (secondary N) is 2. The van der Waals surface area contributed by atoms with E-state index in [-0.39, 0.29) is 6.29 Å². The van der Waals surface area contributed by atoms with Crippen molar-refractivity contribution in [3.05, 3.63) is 0 Å². The van der Waals surface area contributed by atoms with Gasteiger partial charge in [-0.25, -0.2) is 4.79 Å². The Hall–Kier alpha value is -3.04. The monoisotopic (exact) mass is 1140 g/mol. The van der Waals surface area contributed by atoms with Gasteiger partial charge in [-0.05, 0) is 6.92 Å². The highest BCUT2D eigenvalue weighted by atomic mass is 16.8. The van der Waals surface area contributed by atoms with Crippen LogP contribution in [0, 0.1) is 0 Å². The van der Waals surface area contributed by atoms with E-state index in [1.165, 1.54) is 6.92 Å². The molecule has 5 saturated heterocycles. The zero-order chi connectivity index (χ0) is 58.4. The molecule has 0 bridgehead atoms. The Balaban J connectivity index is 1.60. The number of aldehydes is 1. The number of aliphatic carboxylic acids is 1. The van der Waals surface area contributed by atoms with Crippen molar-refractivity contribution in [3.63, 3.8) is 0 Å². The summed E-state index contributed by atoms with van der Waals surface area (Å²) in [4.78, 5) is 49.8. The third-order valence-corrected chi connectivity index (χ3v) is 13.7. The molecule has 0 aromatic carbocycles. The van der Waals surface area contributed by atoms with E-state index in [4.69, 9.17) is 47.4 Å². The normalized spacial score (nSPS) is 43.8. The number of hydrogen-bond donors (Lipinski definition) is 21. The molecule has 5 aliphatic heterocycles. The Morgan fingerprint density at radius 2 is 1.10 bits per heavy atom. The predicted molar refractivity (Wildman–Crippen MR) is 239 cm³/mol. The molecule has 0 saturated carbocycles. The summed E-state index contributed by atoms with van der Waals surface area (Å²) in [5, 5.41) is 209. The van der Waals surface area contributed by atoms with E-state index in [0.29, 0.717) is 0 Å². The minimum absolute atomic E-state index is 0.168. The van der Waals surface area contributed by atoms with Crippen molar-refractivity contribution < 1.29 is 164 Å². The average Bonchev–Trinajstić information content (AvgIpc) is 3.41. The fraction of sp³-hybridized carbons (Fsp3) is 0.907. The molecule has 0 radical (unpaired) electrons. The van der Waals surface area contributed by atoms with Gasteiger partial charge >= 0.3 is 5.97 Å². The van der Waals surface area contributed by atoms with Crippen LogP contribution in [0.1, 0.15) is 27.2 Å². The highest BCUT2D eigenvalue weighted by Gasteiger charge is 2.62. The Bertz CT molecular complexity index is 1930. The van der Waals surface area contributed by atoms with E-state index < -0.39 is 241 Å². The van der Waals surface area contributed by atoms with Crippen LogP contribution < -0.4 is 10.6 Å². The molecule has 78 heavy (non-hydrogen) atoms. The molecule has 35 heteroatoms. The fourth-order valence-electron chi connectivity index (χ4n) is 9.50. The molecule has 5 aliphatic rings. The van der Waals surface area contributed by atoms with Crippen LogP contribution in [0.25, 0.3) is 0 Å². The summed E-state index contributed by atoms with van der Waals surface area (Å²) in [6.45, 7) is -2.76. The molecular formula is C43H72N2O33. The Labute approximate surface area is 441 Å². The zero-order valence-electron chi connectivity index (χ0n) is 41.8. The molecule has 0 aliphatic carbocycles. The van der Waals surface area contributed by atoms with Crippen LogP contribution in [0.4, 0.5) is 0 Å². The number of rotatable bonds is 24. The van der Waals surface area contributed by atoms with Crippen molar-refractivity contribution >= 4 is 24.1 Å². The number of carbonyl (C=O) groups is 4. The minimum Gasteiger partial charge on any atom is -0.477 e. The molecule has 0 unspecified atom stereocenters. The molecule has 2 amide bonds. The minimum atomic E-state index is -3.29. The van der Waals surface area contributed by atoms with Crippen molar-refractivity contribution in [1.29, 1.82) is 0 Å². The largest absolute Gasteiger partial charge is 0.477 e. The topological polar surface area (TPSA) is 569 Å². The molecule has 5 rings (SSSR count). The summed E-state index contributed by atoms with van der Waals surface area (Å²) in [7, 11) is 0. The first-order valence-corrected chi connectivity index (χ1v) is 24.4. The van der Waals surface area contributed by atoms with Crippen LogP contribution >= 0.6 is 0 Å². The van der Waals surface area contributed by atoms with Crippen LogP contribution in [0.2, 0.25) is 0 Å². The van der Waals surface area contributed by atoms with E-state index >= 15 is 0 Å². The van der Waals surface area contributed by atoms with Crippen LogP contribution in [-0.2, 0) is 66.5 Å². The van der Waals surface area contributed by atoms with Crippen LogP contribution in [-0.4, -0.2) is 338 Å². The zero-order valence-corrected chi connectivity index (χ0v) is 41.8. The summed E-state index contributed by atoms with van der Waals surface area (Å²) < 4.78 is 58.1. The molecule has 0 aromatic heterocycles. The van der Waals surface area contributed by atoms with E-state index in [0.717, 1.165) is 13.8 Å². The maximum absolute atomic E-state index is 13.2. The van der Waals surface area contributed by atoms with Crippen LogP contribution in [0.3, 0.4) is 0 Å². The van der Waals surface area contributed by atoms with Gasteiger partial charge in [-0.3, -0.25) is 9.59 Å². The number of carboxylic acids is 1. The van der Waals surface area contributed by atoms with Crippen molar-refractivity contribution in [2.24, 2.45) is 0 Å². The third-order valence-electron chi connectivity index (χ3n) is 13.7. The van der Waals surface area contributed by atoms with Gasteiger partial charge in [0.15, 0.2) is 31.4 Å². The molecule has 5 fully saturated rings. The maximum Gasteiger partial charge on any atom is 0.364 e. The average molecular weight is 1150 g/mol. The molecule has 5 heterocycles. The number of amides is 2. The van der Waals surface area contributed by atoms with Gasteiger partial charge in [0.25, 0.3) is 5.79 Å². The highest BCUT2D eigenvalue weighted by molar-refractivity contribution is 5.76. The smallest absolute Gasteiger partial charge is 0.364 e. The summed E-state index contributed by atoms with van der Waals surface area (Å²) in [5.74, 6) is -7.28.